The summed E-state index contributed by atoms with van der Waals surface area (Å²) in [5.74, 6) is -0.143. The fourth-order valence-corrected chi connectivity index (χ4v) is 1.77. The van der Waals surface area contributed by atoms with E-state index in [0.29, 0.717) is 17.1 Å². The molecule has 0 radical (unpaired) electrons. The maximum Gasteiger partial charge on any atom is 0.252 e. The van der Waals surface area contributed by atoms with Gasteiger partial charge in [-0.2, -0.15) is 0 Å². The van der Waals surface area contributed by atoms with Crippen LogP contribution in [0.3, 0.4) is 0 Å². The molecule has 0 unspecified atom stereocenters. The Morgan fingerprint density at radius 2 is 2.31 bits per heavy atom. The maximum atomic E-state index is 11.7. The van der Waals surface area contributed by atoms with E-state index in [2.05, 4.69) is 21.2 Å². The van der Waals surface area contributed by atoms with Gasteiger partial charge in [0.15, 0.2) is 0 Å². The van der Waals surface area contributed by atoms with Gasteiger partial charge in [0.2, 0.25) is 0 Å². The lowest BCUT2D eigenvalue weighted by Crippen LogP contribution is -2.24. The number of benzene rings is 1. The number of hydrogen-bond donors (Lipinski definition) is 1. The van der Waals surface area contributed by atoms with Crippen LogP contribution < -0.4 is 5.32 Å². The van der Waals surface area contributed by atoms with Gasteiger partial charge in [-0.1, -0.05) is 39.7 Å². The normalized spacial score (nSPS) is 10.7. The number of halogens is 2. The third-order valence-electron chi connectivity index (χ3n) is 2.01. The predicted molar refractivity (Wildman–Crippen MR) is 70.9 cm³/mol. The van der Waals surface area contributed by atoms with Crippen molar-refractivity contribution < 1.29 is 4.79 Å². The molecule has 0 aliphatic rings. The van der Waals surface area contributed by atoms with E-state index in [-0.39, 0.29) is 5.91 Å². The van der Waals surface area contributed by atoms with Crippen LogP contribution in [0.4, 0.5) is 0 Å². The molecular weight excluding hydrogens is 289 g/mol. The highest BCUT2D eigenvalue weighted by molar-refractivity contribution is 9.10. The summed E-state index contributed by atoms with van der Waals surface area (Å²) >= 11 is 9.24. The van der Waals surface area contributed by atoms with Crippen LogP contribution >= 0.6 is 27.5 Å². The van der Waals surface area contributed by atoms with E-state index in [9.17, 15) is 4.79 Å². The van der Waals surface area contributed by atoms with E-state index >= 15 is 0 Å². The molecule has 16 heavy (non-hydrogen) atoms. The Hall–Kier alpha value is -0.800. The lowest BCUT2D eigenvalue weighted by Gasteiger charge is -2.05. The second-order valence-electron chi connectivity index (χ2n) is 3.24. The fourth-order valence-electron chi connectivity index (χ4n) is 1.20. The molecule has 2 nitrogen and oxygen atoms in total. The zero-order chi connectivity index (χ0) is 12.0. The zero-order valence-corrected chi connectivity index (χ0v) is 11.3. The summed E-state index contributed by atoms with van der Waals surface area (Å²) in [5.41, 5.74) is 0.497. The number of rotatable bonds is 4. The van der Waals surface area contributed by atoms with Gasteiger partial charge in [0.25, 0.3) is 5.91 Å². The molecule has 1 amide bonds. The quantitative estimate of drug-likeness (QED) is 0.665. The SMILES string of the molecule is C/C=C/CCNC(=O)c1cc(Br)ccc1Cl. The maximum absolute atomic E-state index is 11.7. The second kappa shape index (κ2) is 6.71. The van der Waals surface area contributed by atoms with Crippen molar-refractivity contribution in [1.82, 2.24) is 5.32 Å². The first-order valence-electron chi connectivity index (χ1n) is 4.99. The van der Waals surface area contributed by atoms with Gasteiger partial charge in [0.05, 0.1) is 10.6 Å². The van der Waals surface area contributed by atoms with E-state index in [1.165, 1.54) is 0 Å². The van der Waals surface area contributed by atoms with Crippen molar-refractivity contribution in [2.24, 2.45) is 0 Å². The minimum atomic E-state index is -0.143. The number of hydrogen-bond acceptors (Lipinski definition) is 1. The van der Waals surface area contributed by atoms with Crippen LogP contribution in [0.5, 0.6) is 0 Å². The van der Waals surface area contributed by atoms with Crippen molar-refractivity contribution in [3.63, 3.8) is 0 Å². The highest BCUT2D eigenvalue weighted by atomic mass is 79.9. The lowest BCUT2D eigenvalue weighted by molar-refractivity contribution is 0.0954. The Bertz CT molecular complexity index is 404. The van der Waals surface area contributed by atoms with Crippen molar-refractivity contribution in [2.45, 2.75) is 13.3 Å². The average molecular weight is 303 g/mol. The summed E-state index contributed by atoms with van der Waals surface area (Å²) in [7, 11) is 0. The van der Waals surface area contributed by atoms with E-state index in [1.807, 2.05) is 19.1 Å². The van der Waals surface area contributed by atoms with Crippen LogP contribution in [-0.4, -0.2) is 12.5 Å². The molecule has 0 heterocycles. The van der Waals surface area contributed by atoms with Crippen molar-refractivity contribution in [3.05, 3.63) is 45.4 Å². The Morgan fingerprint density at radius 1 is 1.56 bits per heavy atom. The average Bonchev–Trinajstić information content (AvgIpc) is 2.27. The molecule has 1 aromatic carbocycles. The molecule has 1 rings (SSSR count). The van der Waals surface area contributed by atoms with Crippen LogP contribution in [0.25, 0.3) is 0 Å². The molecule has 1 N–H and O–H groups in total. The Kier molecular flexibility index (Phi) is 5.56. The molecule has 0 saturated heterocycles. The number of nitrogens with one attached hydrogen (secondary N) is 1. The lowest BCUT2D eigenvalue weighted by atomic mass is 10.2. The minimum absolute atomic E-state index is 0.143. The van der Waals surface area contributed by atoms with Crippen LogP contribution in [0.15, 0.2) is 34.8 Å². The zero-order valence-electron chi connectivity index (χ0n) is 8.97. The summed E-state index contributed by atoms with van der Waals surface area (Å²) in [6, 6.07) is 5.22. The predicted octanol–water partition coefficient (Wildman–Crippen LogP) is 3.80. The van der Waals surface area contributed by atoms with Crippen LogP contribution in [-0.2, 0) is 0 Å². The summed E-state index contributed by atoms with van der Waals surface area (Å²) < 4.78 is 0.843. The first-order chi connectivity index (χ1) is 7.65. The van der Waals surface area contributed by atoms with Crippen LogP contribution in [0.2, 0.25) is 5.02 Å². The largest absolute Gasteiger partial charge is 0.352 e. The van der Waals surface area contributed by atoms with Crippen molar-refractivity contribution in [1.29, 1.82) is 0 Å². The Balaban J connectivity index is 2.62. The van der Waals surface area contributed by atoms with Gasteiger partial charge < -0.3 is 5.32 Å². The number of carbonyl (C=O) groups excluding carboxylic acids is 1. The van der Waals surface area contributed by atoms with Crippen LogP contribution in [0.1, 0.15) is 23.7 Å². The summed E-state index contributed by atoms with van der Waals surface area (Å²) in [6.45, 7) is 2.57. The molecule has 86 valence electrons. The standard InChI is InChI=1S/C12H13BrClNO/c1-2-3-4-7-15-12(16)10-8-9(13)5-6-11(10)14/h2-3,5-6,8H,4,7H2,1H3,(H,15,16)/b3-2+. The second-order valence-corrected chi connectivity index (χ2v) is 4.56. The minimum Gasteiger partial charge on any atom is -0.352 e. The van der Waals surface area contributed by atoms with E-state index in [0.717, 1.165) is 10.9 Å². The monoisotopic (exact) mass is 301 g/mol. The van der Waals surface area contributed by atoms with E-state index < -0.39 is 0 Å². The third-order valence-corrected chi connectivity index (χ3v) is 2.83. The molecule has 0 aliphatic carbocycles. The smallest absolute Gasteiger partial charge is 0.252 e. The molecule has 0 aromatic heterocycles. The molecular formula is C12H13BrClNO. The summed E-state index contributed by atoms with van der Waals surface area (Å²) in [5, 5.41) is 3.27. The molecule has 0 aliphatic heterocycles. The first kappa shape index (κ1) is 13.3. The van der Waals surface area contributed by atoms with Gasteiger partial charge in [-0.05, 0) is 31.5 Å². The van der Waals surface area contributed by atoms with Gasteiger partial charge in [0.1, 0.15) is 0 Å². The topological polar surface area (TPSA) is 29.1 Å². The summed E-state index contributed by atoms with van der Waals surface area (Å²) in [6.07, 6.45) is 4.79. The fraction of sp³-hybridized carbons (Fsp3) is 0.250. The molecule has 0 fully saturated rings. The van der Waals surface area contributed by atoms with Gasteiger partial charge in [-0.25, -0.2) is 0 Å². The van der Waals surface area contributed by atoms with Crippen molar-refractivity contribution in [3.8, 4) is 0 Å². The molecule has 0 saturated carbocycles. The van der Waals surface area contributed by atoms with Gasteiger partial charge >= 0.3 is 0 Å². The molecule has 1 aromatic rings. The van der Waals surface area contributed by atoms with Crippen molar-refractivity contribution in [2.75, 3.05) is 6.54 Å². The molecule has 4 heteroatoms. The first-order valence-corrected chi connectivity index (χ1v) is 6.16. The van der Waals surface area contributed by atoms with Crippen LogP contribution in [0, 0.1) is 0 Å². The highest BCUT2D eigenvalue weighted by Crippen LogP contribution is 2.20. The Labute approximate surface area is 109 Å². The number of carbonyl (C=O) groups is 1. The van der Waals surface area contributed by atoms with Gasteiger partial charge in [0, 0.05) is 11.0 Å². The summed E-state index contributed by atoms with van der Waals surface area (Å²) in [4.78, 5) is 11.7. The van der Waals surface area contributed by atoms with Gasteiger partial charge in [-0.15, -0.1) is 0 Å². The third kappa shape index (κ3) is 3.99. The highest BCUT2D eigenvalue weighted by Gasteiger charge is 2.09. The molecule has 0 bridgehead atoms. The Morgan fingerprint density at radius 3 is 3.00 bits per heavy atom. The number of amides is 1. The number of allylic oxidation sites excluding steroid dienone is 1. The van der Waals surface area contributed by atoms with E-state index in [1.54, 1.807) is 18.2 Å². The molecule has 0 atom stereocenters. The molecule has 0 spiro atoms. The van der Waals surface area contributed by atoms with Crippen molar-refractivity contribution >= 4 is 33.4 Å². The van der Waals surface area contributed by atoms with Gasteiger partial charge in [-0.3, -0.25) is 4.79 Å². The van der Waals surface area contributed by atoms with E-state index in [4.69, 9.17) is 11.6 Å².